The van der Waals surface area contributed by atoms with E-state index in [1.807, 2.05) is 6.92 Å². The summed E-state index contributed by atoms with van der Waals surface area (Å²) in [7, 11) is 0. The third kappa shape index (κ3) is 3.92. The number of halogens is 2. The van der Waals surface area contributed by atoms with Gasteiger partial charge in [-0.3, -0.25) is 4.79 Å². The van der Waals surface area contributed by atoms with Crippen LogP contribution in [0.25, 0.3) is 0 Å². The molecular weight excluding hydrogens is 335 g/mol. The molecule has 1 aromatic rings. The van der Waals surface area contributed by atoms with Gasteiger partial charge in [0, 0.05) is 17.5 Å². The molecule has 1 aromatic carbocycles. The lowest BCUT2D eigenvalue weighted by atomic mass is 9.75. The summed E-state index contributed by atoms with van der Waals surface area (Å²) < 4.78 is 20.5. The van der Waals surface area contributed by atoms with Crippen molar-refractivity contribution in [2.75, 3.05) is 6.61 Å². The van der Waals surface area contributed by atoms with Crippen LogP contribution < -0.4 is 0 Å². The third-order valence-electron chi connectivity index (χ3n) is 4.37. The van der Waals surface area contributed by atoms with Gasteiger partial charge in [-0.05, 0) is 62.3 Å². The van der Waals surface area contributed by atoms with Gasteiger partial charge in [-0.2, -0.15) is 0 Å². The molecule has 1 aliphatic carbocycles. The molecular formula is C17H22BrFO2. The Hall–Kier alpha value is -0.740. The maximum atomic E-state index is 13.9. The Morgan fingerprint density at radius 1 is 1.43 bits per heavy atom. The summed E-state index contributed by atoms with van der Waals surface area (Å²) in [6, 6.07) is 4.71. The molecule has 2 nitrogen and oxygen atoms in total. The predicted octanol–water partition coefficient (Wildman–Crippen LogP) is 4.69. The molecule has 4 heteroatoms. The van der Waals surface area contributed by atoms with Crippen LogP contribution >= 0.6 is 15.9 Å². The zero-order valence-corrected chi connectivity index (χ0v) is 14.2. The highest BCUT2D eigenvalue weighted by molar-refractivity contribution is 9.10. The van der Waals surface area contributed by atoms with Crippen molar-refractivity contribution < 1.29 is 13.9 Å². The van der Waals surface area contributed by atoms with E-state index >= 15 is 0 Å². The molecule has 0 aromatic heterocycles. The Morgan fingerprint density at radius 2 is 2.10 bits per heavy atom. The van der Waals surface area contributed by atoms with Crippen molar-refractivity contribution in [3.63, 3.8) is 0 Å². The van der Waals surface area contributed by atoms with E-state index in [1.54, 1.807) is 12.1 Å². The largest absolute Gasteiger partial charge is 0.367 e. The Morgan fingerprint density at radius 3 is 2.71 bits per heavy atom. The van der Waals surface area contributed by atoms with Crippen LogP contribution in [-0.2, 0) is 16.0 Å². The molecule has 0 heterocycles. The van der Waals surface area contributed by atoms with Crippen molar-refractivity contribution in [1.29, 1.82) is 0 Å². The Balaban J connectivity index is 2.17. The molecule has 0 bridgehead atoms. The summed E-state index contributed by atoms with van der Waals surface area (Å²) in [5, 5.41) is 0. The smallest absolute Gasteiger partial charge is 0.169 e. The minimum absolute atomic E-state index is 0.00764. The molecule has 21 heavy (non-hydrogen) atoms. The lowest BCUT2D eigenvalue weighted by molar-refractivity contribution is -0.149. The van der Waals surface area contributed by atoms with E-state index < -0.39 is 5.60 Å². The van der Waals surface area contributed by atoms with Crippen molar-refractivity contribution in [3.8, 4) is 0 Å². The maximum Gasteiger partial charge on any atom is 0.169 e. The summed E-state index contributed by atoms with van der Waals surface area (Å²) in [5.74, 6) is 0.310. The number of carbonyl (C=O) groups excluding carboxylic acids is 1. The quantitative estimate of drug-likeness (QED) is 0.765. The number of rotatable bonds is 5. The fraction of sp³-hybridized carbons (Fsp3) is 0.588. The highest BCUT2D eigenvalue weighted by Crippen LogP contribution is 2.36. The molecule has 2 rings (SSSR count). The fourth-order valence-electron chi connectivity index (χ4n) is 3.02. The van der Waals surface area contributed by atoms with Gasteiger partial charge >= 0.3 is 0 Å². The van der Waals surface area contributed by atoms with Crippen LogP contribution in [0.5, 0.6) is 0 Å². The maximum absolute atomic E-state index is 13.9. The standard InChI is InChI=1S/C17H22BrFO2/c1-3-21-17(8-6-12(2)7-9-17)16(20)11-13-10-14(18)4-5-15(13)19/h4-5,10,12H,3,6-9,11H2,1-2H3. The monoisotopic (exact) mass is 356 g/mol. The Kier molecular flexibility index (Phi) is 5.55. The second-order valence-electron chi connectivity index (χ2n) is 5.95. The highest BCUT2D eigenvalue weighted by atomic mass is 79.9. The average molecular weight is 357 g/mol. The van der Waals surface area contributed by atoms with E-state index in [1.165, 1.54) is 6.07 Å². The van der Waals surface area contributed by atoms with Gasteiger partial charge in [0.2, 0.25) is 0 Å². The molecule has 1 saturated carbocycles. The third-order valence-corrected chi connectivity index (χ3v) is 4.86. The SMILES string of the molecule is CCOC1(C(=O)Cc2cc(Br)ccc2F)CCC(C)CC1. The van der Waals surface area contributed by atoms with Crippen molar-refractivity contribution in [3.05, 3.63) is 34.1 Å². The van der Waals surface area contributed by atoms with Crippen molar-refractivity contribution in [1.82, 2.24) is 0 Å². The zero-order chi connectivity index (χ0) is 15.5. The topological polar surface area (TPSA) is 26.3 Å². The zero-order valence-electron chi connectivity index (χ0n) is 12.6. The van der Waals surface area contributed by atoms with Gasteiger partial charge in [-0.15, -0.1) is 0 Å². The average Bonchev–Trinajstić information content (AvgIpc) is 2.46. The van der Waals surface area contributed by atoms with Crippen LogP contribution in [0.3, 0.4) is 0 Å². The van der Waals surface area contributed by atoms with Crippen LogP contribution in [-0.4, -0.2) is 18.0 Å². The first kappa shape index (κ1) is 16.6. The lowest BCUT2D eigenvalue weighted by Crippen LogP contribution is -2.45. The second kappa shape index (κ2) is 7.01. The minimum Gasteiger partial charge on any atom is -0.367 e. The van der Waals surface area contributed by atoms with Gasteiger partial charge in [-0.1, -0.05) is 22.9 Å². The molecule has 116 valence electrons. The van der Waals surface area contributed by atoms with E-state index in [-0.39, 0.29) is 18.0 Å². The number of hydrogen-bond donors (Lipinski definition) is 0. The molecule has 0 unspecified atom stereocenters. The van der Waals surface area contributed by atoms with Crippen LogP contribution in [0.1, 0.15) is 45.1 Å². The van der Waals surface area contributed by atoms with Crippen molar-refractivity contribution >= 4 is 21.7 Å². The molecule has 1 fully saturated rings. The van der Waals surface area contributed by atoms with E-state index in [0.29, 0.717) is 18.1 Å². The summed E-state index contributed by atoms with van der Waals surface area (Å²) in [6.45, 7) is 4.63. The molecule has 0 amide bonds. The van der Waals surface area contributed by atoms with Crippen LogP contribution in [0.2, 0.25) is 0 Å². The van der Waals surface area contributed by atoms with Crippen LogP contribution in [0, 0.1) is 11.7 Å². The molecule has 0 spiro atoms. The van der Waals surface area contributed by atoms with Gasteiger partial charge < -0.3 is 4.74 Å². The molecule has 0 atom stereocenters. The van der Waals surface area contributed by atoms with E-state index in [2.05, 4.69) is 22.9 Å². The van der Waals surface area contributed by atoms with Gasteiger partial charge in [0.1, 0.15) is 11.4 Å². The number of benzene rings is 1. The van der Waals surface area contributed by atoms with Gasteiger partial charge in [-0.25, -0.2) is 4.39 Å². The molecule has 1 aliphatic rings. The number of ketones is 1. The first-order valence-corrected chi connectivity index (χ1v) is 8.37. The number of Topliss-reactive ketones (excluding diaryl/α,β-unsaturated/α-hetero) is 1. The summed E-state index contributed by atoms with van der Waals surface area (Å²) in [5.41, 5.74) is -0.275. The van der Waals surface area contributed by atoms with Gasteiger partial charge in [0.15, 0.2) is 5.78 Å². The lowest BCUT2D eigenvalue weighted by Gasteiger charge is -2.38. The second-order valence-corrected chi connectivity index (χ2v) is 6.86. The molecule has 0 aliphatic heterocycles. The molecule has 0 N–H and O–H groups in total. The van der Waals surface area contributed by atoms with Gasteiger partial charge in [0.05, 0.1) is 0 Å². The summed E-state index contributed by atoms with van der Waals surface area (Å²) in [4.78, 5) is 12.7. The van der Waals surface area contributed by atoms with E-state index in [0.717, 1.165) is 30.2 Å². The first-order chi connectivity index (χ1) is 9.97. The fourth-order valence-corrected chi connectivity index (χ4v) is 3.43. The van der Waals surface area contributed by atoms with Crippen molar-refractivity contribution in [2.45, 2.75) is 51.6 Å². The molecule has 0 radical (unpaired) electrons. The van der Waals surface area contributed by atoms with Gasteiger partial charge in [0.25, 0.3) is 0 Å². The minimum atomic E-state index is -0.712. The number of carbonyl (C=O) groups is 1. The summed E-state index contributed by atoms with van der Waals surface area (Å²) >= 11 is 3.33. The summed E-state index contributed by atoms with van der Waals surface area (Å²) in [6.07, 6.45) is 3.58. The predicted molar refractivity (Wildman–Crippen MR) is 84.8 cm³/mol. The first-order valence-electron chi connectivity index (χ1n) is 7.58. The van der Waals surface area contributed by atoms with E-state index in [4.69, 9.17) is 4.74 Å². The Bertz CT molecular complexity index is 508. The Labute approximate surface area is 134 Å². The molecule has 0 saturated heterocycles. The number of hydrogen-bond acceptors (Lipinski definition) is 2. The van der Waals surface area contributed by atoms with Crippen LogP contribution in [0.15, 0.2) is 22.7 Å². The number of ether oxygens (including phenoxy) is 1. The highest BCUT2D eigenvalue weighted by Gasteiger charge is 2.41. The van der Waals surface area contributed by atoms with E-state index in [9.17, 15) is 9.18 Å². The van der Waals surface area contributed by atoms with Crippen molar-refractivity contribution in [2.24, 2.45) is 5.92 Å². The normalized spacial score (nSPS) is 25.8. The van der Waals surface area contributed by atoms with Crippen LogP contribution in [0.4, 0.5) is 4.39 Å².